The number of carbonyl (C=O) groups is 2. The Hall–Kier alpha value is -1.95. The van der Waals surface area contributed by atoms with Crippen molar-refractivity contribution in [2.45, 2.75) is 19.9 Å². The first-order chi connectivity index (χ1) is 9.60. The predicted octanol–water partition coefficient (Wildman–Crippen LogP) is 1.25. The second kappa shape index (κ2) is 8.27. The SMILES string of the molecule is CCCN(CC(=O)OC)Cc1cccc(C(=O)OC)n1. The van der Waals surface area contributed by atoms with E-state index in [4.69, 9.17) is 0 Å². The molecule has 0 saturated heterocycles. The Kier molecular flexibility index (Phi) is 6.66. The lowest BCUT2D eigenvalue weighted by Gasteiger charge is -2.19. The van der Waals surface area contributed by atoms with Gasteiger partial charge in [0.2, 0.25) is 0 Å². The van der Waals surface area contributed by atoms with E-state index in [9.17, 15) is 9.59 Å². The monoisotopic (exact) mass is 280 g/mol. The third-order valence-electron chi connectivity index (χ3n) is 2.71. The first-order valence-corrected chi connectivity index (χ1v) is 6.44. The van der Waals surface area contributed by atoms with Crippen LogP contribution in [0.4, 0.5) is 0 Å². The average Bonchev–Trinajstić information content (AvgIpc) is 2.46. The number of ether oxygens (including phenoxy) is 2. The van der Waals surface area contributed by atoms with E-state index >= 15 is 0 Å². The van der Waals surface area contributed by atoms with E-state index in [1.165, 1.54) is 14.2 Å². The van der Waals surface area contributed by atoms with Gasteiger partial charge in [0.15, 0.2) is 0 Å². The summed E-state index contributed by atoms with van der Waals surface area (Å²) in [4.78, 5) is 28.9. The minimum Gasteiger partial charge on any atom is -0.468 e. The number of hydrogen-bond donors (Lipinski definition) is 0. The molecule has 0 radical (unpaired) electrons. The van der Waals surface area contributed by atoms with E-state index in [2.05, 4.69) is 14.5 Å². The van der Waals surface area contributed by atoms with E-state index in [1.54, 1.807) is 12.1 Å². The zero-order chi connectivity index (χ0) is 15.0. The fraction of sp³-hybridized carbons (Fsp3) is 0.500. The van der Waals surface area contributed by atoms with Crippen LogP contribution in [0.2, 0.25) is 0 Å². The highest BCUT2D eigenvalue weighted by Gasteiger charge is 2.13. The maximum atomic E-state index is 11.4. The maximum Gasteiger partial charge on any atom is 0.356 e. The molecule has 20 heavy (non-hydrogen) atoms. The molecule has 0 saturated carbocycles. The van der Waals surface area contributed by atoms with Gasteiger partial charge < -0.3 is 9.47 Å². The van der Waals surface area contributed by atoms with Crippen molar-refractivity contribution in [3.63, 3.8) is 0 Å². The van der Waals surface area contributed by atoms with Crippen molar-refractivity contribution < 1.29 is 19.1 Å². The second-order valence-corrected chi connectivity index (χ2v) is 4.29. The zero-order valence-corrected chi connectivity index (χ0v) is 12.1. The van der Waals surface area contributed by atoms with Crippen LogP contribution in [-0.4, -0.2) is 49.1 Å². The first kappa shape index (κ1) is 16.1. The van der Waals surface area contributed by atoms with Gasteiger partial charge in [0, 0.05) is 6.54 Å². The molecule has 0 aliphatic heterocycles. The lowest BCUT2D eigenvalue weighted by Crippen LogP contribution is -2.31. The summed E-state index contributed by atoms with van der Waals surface area (Å²) in [6, 6.07) is 5.16. The van der Waals surface area contributed by atoms with Crippen LogP contribution < -0.4 is 0 Å². The van der Waals surface area contributed by atoms with Crippen molar-refractivity contribution in [3.05, 3.63) is 29.6 Å². The summed E-state index contributed by atoms with van der Waals surface area (Å²) < 4.78 is 9.31. The third-order valence-corrected chi connectivity index (χ3v) is 2.71. The standard InChI is InChI=1S/C14H20N2O4/c1-4-8-16(10-13(17)19-2)9-11-6-5-7-12(15-11)14(18)20-3/h5-7H,4,8-10H2,1-3H3. The number of esters is 2. The Bertz CT molecular complexity index is 462. The molecule has 0 fully saturated rings. The van der Waals surface area contributed by atoms with E-state index in [-0.39, 0.29) is 18.2 Å². The van der Waals surface area contributed by atoms with Gasteiger partial charge >= 0.3 is 11.9 Å². The van der Waals surface area contributed by atoms with Crippen LogP contribution in [0.1, 0.15) is 29.5 Å². The summed E-state index contributed by atoms with van der Waals surface area (Å²) in [7, 11) is 2.68. The molecule has 6 nitrogen and oxygen atoms in total. The summed E-state index contributed by atoms with van der Waals surface area (Å²) in [5.41, 5.74) is 0.977. The molecule has 6 heteroatoms. The summed E-state index contributed by atoms with van der Waals surface area (Å²) in [5.74, 6) is -0.760. The van der Waals surface area contributed by atoms with Crippen molar-refractivity contribution >= 4 is 11.9 Å². The number of rotatable bonds is 7. The van der Waals surface area contributed by atoms with Gasteiger partial charge in [-0.1, -0.05) is 13.0 Å². The molecule has 1 aromatic rings. The number of hydrogen-bond acceptors (Lipinski definition) is 6. The minimum atomic E-state index is -0.471. The van der Waals surface area contributed by atoms with Crippen LogP contribution in [0.15, 0.2) is 18.2 Å². The summed E-state index contributed by atoms with van der Waals surface area (Å²) in [5, 5.41) is 0. The minimum absolute atomic E-state index is 0.203. The van der Waals surface area contributed by atoms with Crippen LogP contribution in [0, 0.1) is 0 Å². The van der Waals surface area contributed by atoms with Crippen LogP contribution in [-0.2, 0) is 20.8 Å². The Morgan fingerprint density at radius 2 is 2.00 bits per heavy atom. The van der Waals surface area contributed by atoms with Gasteiger partial charge in [0.25, 0.3) is 0 Å². The summed E-state index contributed by atoms with van der Waals surface area (Å²) >= 11 is 0. The second-order valence-electron chi connectivity index (χ2n) is 4.29. The molecule has 1 aromatic heterocycles. The molecule has 0 amide bonds. The van der Waals surface area contributed by atoms with Gasteiger partial charge in [-0.05, 0) is 25.1 Å². The van der Waals surface area contributed by atoms with Crippen molar-refractivity contribution in [1.29, 1.82) is 0 Å². The molecule has 1 heterocycles. The van der Waals surface area contributed by atoms with Crippen LogP contribution in [0.5, 0.6) is 0 Å². The van der Waals surface area contributed by atoms with Gasteiger partial charge in [-0.3, -0.25) is 9.69 Å². The largest absolute Gasteiger partial charge is 0.468 e. The van der Waals surface area contributed by atoms with Crippen LogP contribution in [0.25, 0.3) is 0 Å². The molecule has 0 unspecified atom stereocenters. The highest BCUT2D eigenvalue weighted by atomic mass is 16.5. The Labute approximate surface area is 118 Å². The molecule has 0 atom stereocenters. The van der Waals surface area contributed by atoms with Gasteiger partial charge in [-0.15, -0.1) is 0 Å². The Balaban J connectivity index is 2.77. The lowest BCUT2D eigenvalue weighted by atomic mass is 10.2. The quantitative estimate of drug-likeness (QED) is 0.700. The van der Waals surface area contributed by atoms with Crippen molar-refractivity contribution in [2.24, 2.45) is 0 Å². The molecule has 0 bridgehead atoms. The Morgan fingerprint density at radius 1 is 1.25 bits per heavy atom. The number of aromatic nitrogens is 1. The maximum absolute atomic E-state index is 11.4. The topological polar surface area (TPSA) is 68.7 Å². The van der Waals surface area contributed by atoms with E-state index in [0.29, 0.717) is 12.2 Å². The van der Waals surface area contributed by atoms with Crippen molar-refractivity contribution in [3.8, 4) is 0 Å². The molecular formula is C14H20N2O4. The highest BCUT2D eigenvalue weighted by Crippen LogP contribution is 2.06. The normalized spacial score (nSPS) is 10.4. The number of pyridine rings is 1. The number of methoxy groups -OCH3 is 2. The van der Waals surface area contributed by atoms with Crippen molar-refractivity contribution in [2.75, 3.05) is 27.3 Å². The van der Waals surface area contributed by atoms with E-state index in [0.717, 1.165) is 13.0 Å². The fourth-order valence-electron chi connectivity index (χ4n) is 1.79. The van der Waals surface area contributed by atoms with Gasteiger partial charge in [0.1, 0.15) is 5.69 Å². The van der Waals surface area contributed by atoms with Crippen molar-refractivity contribution in [1.82, 2.24) is 9.88 Å². The summed E-state index contributed by atoms with van der Waals surface area (Å²) in [6.07, 6.45) is 0.910. The van der Waals surface area contributed by atoms with Gasteiger partial charge in [-0.25, -0.2) is 9.78 Å². The fourth-order valence-corrected chi connectivity index (χ4v) is 1.79. The summed E-state index contributed by atoms with van der Waals surface area (Å²) in [6.45, 7) is 3.46. The van der Waals surface area contributed by atoms with Gasteiger partial charge in [0.05, 0.1) is 26.5 Å². The van der Waals surface area contributed by atoms with Crippen LogP contribution in [0.3, 0.4) is 0 Å². The average molecular weight is 280 g/mol. The highest BCUT2D eigenvalue weighted by molar-refractivity contribution is 5.87. The molecule has 110 valence electrons. The lowest BCUT2D eigenvalue weighted by molar-refractivity contribution is -0.142. The molecular weight excluding hydrogens is 260 g/mol. The Morgan fingerprint density at radius 3 is 2.60 bits per heavy atom. The molecule has 0 aliphatic carbocycles. The van der Waals surface area contributed by atoms with E-state index < -0.39 is 5.97 Å². The molecule has 0 aromatic carbocycles. The molecule has 0 spiro atoms. The van der Waals surface area contributed by atoms with Gasteiger partial charge in [-0.2, -0.15) is 0 Å². The molecule has 1 rings (SSSR count). The number of nitrogens with zero attached hydrogens (tertiary/aromatic N) is 2. The molecule has 0 aliphatic rings. The predicted molar refractivity (Wildman–Crippen MR) is 73.2 cm³/mol. The first-order valence-electron chi connectivity index (χ1n) is 6.44. The zero-order valence-electron chi connectivity index (χ0n) is 12.1. The third kappa shape index (κ3) is 4.97. The number of carbonyl (C=O) groups excluding carboxylic acids is 2. The van der Waals surface area contributed by atoms with Crippen LogP contribution >= 0.6 is 0 Å². The smallest absolute Gasteiger partial charge is 0.356 e. The molecule has 0 N–H and O–H groups in total. The van der Waals surface area contributed by atoms with E-state index in [1.807, 2.05) is 17.9 Å².